The molecule has 9 heavy (non-hydrogen) atoms. The fourth-order valence-corrected chi connectivity index (χ4v) is 1.37. The fourth-order valence-electron chi connectivity index (χ4n) is 1.37. The van der Waals surface area contributed by atoms with Gasteiger partial charge in [0, 0.05) is 12.6 Å². The lowest BCUT2D eigenvalue weighted by Crippen LogP contribution is -2.29. The highest BCUT2D eigenvalue weighted by Gasteiger charge is 2.17. The summed E-state index contributed by atoms with van der Waals surface area (Å²) in [5, 5.41) is 0. The van der Waals surface area contributed by atoms with Crippen LogP contribution in [0.5, 0.6) is 0 Å². The SMILES string of the molecule is CC(C)C1C=CCN1C. The molecule has 0 aromatic heterocycles. The zero-order valence-corrected chi connectivity index (χ0v) is 6.46. The number of nitrogens with zero attached hydrogens (tertiary/aromatic N) is 1. The summed E-state index contributed by atoms with van der Waals surface area (Å²) in [6.07, 6.45) is 4.54. The van der Waals surface area contributed by atoms with Gasteiger partial charge in [-0.2, -0.15) is 0 Å². The van der Waals surface area contributed by atoms with Gasteiger partial charge >= 0.3 is 0 Å². The van der Waals surface area contributed by atoms with E-state index in [1.54, 1.807) is 0 Å². The Morgan fingerprint density at radius 3 is 2.44 bits per heavy atom. The van der Waals surface area contributed by atoms with Crippen LogP contribution >= 0.6 is 0 Å². The number of hydrogen-bond donors (Lipinski definition) is 0. The van der Waals surface area contributed by atoms with E-state index < -0.39 is 0 Å². The predicted octanol–water partition coefficient (Wildman–Crippen LogP) is 1.51. The maximum atomic E-state index is 2.37. The van der Waals surface area contributed by atoms with Crippen LogP contribution in [0.4, 0.5) is 0 Å². The van der Waals surface area contributed by atoms with E-state index in [0.29, 0.717) is 6.04 Å². The molecule has 1 heteroatoms. The Bertz CT molecular complexity index is 116. The Morgan fingerprint density at radius 1 is 1.56 bits per heavy atom. The maximum Gasteiger partial charge on any atom is 0.0301 e. The van der Waals surface area contributed by atoms with Gasteiger partial charge in [-0.1, -0.05) is 26.0 Å². The maximum absolute atomic E-state index is 2.37. The molecule has 0 aromatic carbocycles. The average Bonchev–Trinajstić information content (AvgIpc) is 2.13. The summed E-state index contributed by atoms with van der Waals surface area (Å²) in [5.41, 5.74) is 0. The van der Waals surface area contributed by atoms with Gasteiger partial charge in [-0.15, -0.1) is 0 Å². The minimum absolute atomic E-state index is 0.685. The molecule has 1 unspecified atom stereocenters. The molecule has 0 fully saturated rings. The molecule has 1 aliphatic rings. The summed E-state index contributed by atoms with van der Waals surface area (Å²) < 4.78 is 0. The van der Waals surface area contributed by atoms with Crippen LogP contribution < -0.4 is 0 Å². The molecule has 0 spiro atoms. The molecular formula is C8H15N. The van der Waals surface area contributed by atoms with Gasteiger partial charge in [0.2, 0.25) is 0 Å². The highest BCUT2D eigenvalue weighted by molar-refractivity contribution is 5.03. The van der Waals surface area contributed by atoms with E-state index in [0.717, 1.165) is 12.5 Å². The Labute approximate surface area is 57.4 Å². The van der Waals surface area contributed by atoms with Gasteiger partial charge < -0.3 is 0 Å². The standard InChI is InChI=1S/C8H15N/c1-7(2)8-5-4-6-9(8)3/h4-5,7-8H,6H2,1-3H3. The van der Waals surface area contributed by atoms with Gasteiger partial charge in [0.05, 0.1) is 0 Å². The molecule has 1 atom stereocenters. The van der Waals surface area contributed by atoms with Crippen molar-refractivity contribution in [1.82, 2.24) is 4.90 Å². The lowest BCUT2D eigenvalue weighted by atomic mass is 10.1. The summed E-state index contributed by atoms with van der Waals surface area (Å²) >= 11 is 0. The zero-order chi connectivity index (χ0) is 6.85. The van der Waals surface area contributed by atoms with Crippen molar-refractivity contribution >= 4 is 0 Å². The summed E-state index contributed by atoms with van der Waals surface area (Å²) in [5.74, 6) is 0.758. The van der Waals surface area contributed by atoms with Gasteiger partial charge in [-0.25, -0.2) is 0 Å². The second-order valence-electron chi connectivity index (χ2n) is 3.10. The first-order chi connectivity index (χ1) is 4.22. The van der Waals surface area contributed by atoms with Crippen LogP contribution in [0.25, 0.3) is 0 Å². The first-order valence-electron chi connectivity index (χ1n) is 3.58. The molecule has 1 aliphatic heterocycles. The van der Waals surface area contributed by atoms with Crippen molar-refractivity contribution in [3.63, 3.8) is 0 Å². The summed E-state index contributed by atoms with van der Waals surface area (Å²) in [4.78, 5) is 2.37. The van der Waals surface area contributed by atoms with Crippen molar-refractivity contribution in [3.8, 4) is 0 Å². The molecule has 0 aliphatic carbocycles. The molecule has 0 N–H and O–H groups in total. The number of hydrogen-bond acceptors (Lipinski definition) is 1. The van der Waals surface area contributed by atoms with Crippen molar-refractivity contribution in [2.45, 2.75) is 19.9 Å². The Kier molecular flexibility index (Phi) is 1.91. The number of rotatable bonds is 1. The summed E-state index contributed by atoms with van der Waals surface area (Å²) in [6.45, 7) is 5.65. The predicted molar refractivity (Wildman–Crippen MR) is 40.4 cm³/mol. The van der Waals surface area contributed by atoms with Gasteiger partial charge in [0.15, 0.2) is 0 Å². The normalized spacial score (nSPS) is 28.2. The van der Waals surface area contributed by atoms with Gasteiger partial charge in [0.1, 0.15) is 0 Å². The van der Waals surface area contributed by atoms with Crippen molar-refractivity contribution in [3.05, 3.63) is 12.2 Å². The molecule has 1 rings (SSSR count). The van der Waals surface area contributed by atoms with Gasteiger partial charge in [-0.05, 0) is 13.0 Å². The monoisotopic (exact) mass is 125 g/mol. The molecule has 1 heterocycles. The van der Waals surface area contributed by atoms with E-state index in [2.05, 4.69) is 37.9 Å². The molecule has 0 amide bonds. The molecule has 52 valence electrons. The van der Waals surface area contributed by atoms with Crippen LogP contribution in [0.1, 0.15) is 13.8 Å². The largest absolute Gasteiger partial charge is 0.296 e. The highest BCUT2D eigenvalue weighted by atomic mass is 15.1. The lowest BCUT2D eigenvalue weighted by molar-refractivity contribution is 0.274. The third-order valence-electron chi connectivity index (χ3n) is 1.92. The van der Waals surface area contributed by atoms with Crippen molar-refractivity contribution in [2.75, 3.05) is 13.6 Å². The topological polar surface area (TPSA) is 3.24 Å². The van der Waals surface area contributed by atoms with Crippen LogP contribution in [-0.4, -0.2) is 24.5 Å². The second kappa shape index (κ2) is 2.53. The molecule has 0 saturated carbocycles. The van der Waals surface area contributed by atoms with Crippen LogP contribution in [0.15, 0.2) is 12.2 Å². The first kappa shape index (κ1) is 6.81. The van der Waals surface area contributed by atoms with E-state index in [4.69, 9.17) is 0 Å². The van der Waals surface area contributed by atoms with E-state index in [1.165, 1.54) is 0 Å². The first-order valence-corrected chi connectivity index (χ1v) is 3.58. The van der Waals surface area contributed by atoms with Crippen LogP contribution in [-0.2, 0) is 0 Å². The van der Waals surface area contributed by atoms with Crippen molar-refractivity contribution in [1.29, 1.82) is 0 Å². The molecular weight excluding hydrogens is 110 g/mol. The highest BCUT2D eigenvalue weighted by Crippen LogP contribution is 2.14. The average molecular weight is 125 g/mol. The van der Waals surface area contributed by atoms with E-state index >= 15 is 0 Å². The Morgan fingerprint density at radius 2 is 2.22 bits per heavy atom. The minimum atomic E-state index is 0.685. The molecule has 0 aromatic rings. The van der Waals surface area contributed by atoms with Crippen LogP contribution in [0.3, 0.4) is 0 Å². The molecule has 0 radical (unpaired) electrons. The smallest absolute Gasteiger partial charge is 0.0301 e. The summed E-state index contributed by atoms with van der Waals surface area (Å²) in [7, 11) is 2.17. The Hall–Kier alpha value is -0.300. The number of likely N-dealkylation sites (N-methyl/N-ethyl adjacent to an activating group) is 1. The van der Waals surface area contributed by atoms with E-state index in [1.807, 2.05) is 0 Å². The third-order valence-corrected chi connectivity index (χ3v) is 1.92. The van der Waals surface area contributed by atoms with Crippen molar-refractivity contribution < 1.29 is 0 Å². The fraction of sp³-hybridized carbons (Fsp3) is 0.750. The Balaban J connectivity index is 2.49. The third kappa shape index (κ3) is 1.33. The van der Waals surface area contributed by atoms with Gasteiger partial charge in [0.25, 0.3) is 0 Å². The molecule has 0 bridgehead atoms. The molecule has 0 saturated heterocycles. The van der Waals surface area contributed by atoms with Crippen molar-refractivity contribution in [2.24, 2.45) is 5.92 Å². The van der Waals surface area contributed by atoms with E-state index in [-0.39, 0.29) is 0 Å². The quantitative estimate of drug-likeness (QED) is 0.480. The second-order valence-corrected chi connectivity index (χ2v) is 3.10. The van der Waals surface area contributed by atoms with Crippen LogP contribution in [0, 0.1) is 5.92 Å². The van der Waals surface area contributed by atoms with E-state index in [9.17, 15) is 0 Å². The molecule has 1 nitrogen and oxygen atoms in total. The lowest BCUT2D eigenvalue weighted by Gasteiger charge is -2.22. The zero-order valence-electron chi connectivity index (χ0n) is 6.46. The summed E-state index contributed by atoms with van der Waals surface area (Å²) in [6, 6.07) is 0.685. The minimum Gasteiger partial charge on any atom is -0.296 e. The van der Waals surface area contributed by atoms with Crippen LogP contribution in [0.2, 0.25) is 0 Å². The van der Waals surface area contributed by atoms with Gasteiger partial charge in [-0.3, -0.25) is 4.90 Å².